The standard InChI is InChI=1S/C17H21N3O/c1-2-14-3-5-16(6-4-14)17-12-20(7-8-21-17)11-15-9-18-13-19-10-15/h3-6,9-10,13,17H,2,7-8,11-12H2,1H3. The largest absolute Gasteiger partial charge is 0.371 e. The Hall–Kier alpha value is -1.78. The number of rotatable bonds is 4. The van der Waals surface area contributed by atoms with Gasteiger partial charge in [-0.15, -0.1) is 0 Å². The lowest BCUT2D eigenvalue weighted by molar-refractivity contribution is -0.0329. The fourth-order valence-corrected chi connectivity index (χ4v) is 2.69. The lowest BCUT2D eigenvalue weighted by Gasteiger charge is -2.33. The smallest absolute Gasteiger partial charge is 0.115 e. The molecule has 110 valence electrons. The van der Waals surface area contributed by atoms with E-state index in [0.717, 1.165) is 38.2 Å². The summed E-state index contributed by atoms with van der Waals surface area (Å²) in [5.74, 6) is 0. The van der Waals surface area contributed by atoms with Crippen LogP contribution in [0.25, 0.3) is 0 Å². The van der Waals surface area contributed by atoms with Crippen molar-refractivity contribution >= 4 is 0 Å². The Morgan fingerprint density at radius 1 is 1.14 bits per heavy atom. The second-order valence-electron chi connectivity index (χ2n) is 5.44. The quantitative estimate of drug-likeness (QED) is 0.864. The molecule has 0 aliphatic carbocycles. The summed E-state index contributed by atoms with van der Waals surface area (Å²) in [7, 11) is 0. The summed E-state index contributed by atoms with van der Waals surface area (Å²) in [4.78, 5) is 10.6. The van der Waals surface area contributed by atoms with Crippen LogP contribution in [0.2, 0.25) is 0 Å². The van der Waals surface area contributed by atoms with Gasteiger partial charge in [-0.05, 0) is 17.5 Å². The molecule has 1 saturated heterocycles. The summed E-state index contributed by atoms with van der Waals surface area (Å²) in [5, 5.41) is 0. The molecule has 3 rings (SSSR count). The third-order valence-electron chi connectivity index (χ3n) is 3.93. The van der Waals surface area contributed by atoms with Crippen LogP contribution in [0.1, 0.15) is 29.7 Å². The molecule has 0 spiro atoms. The van der Waals surface area contributed by atoms with Gasteiger partial charge in [-0.25, -0.2) is 9.97 Å². The van der Waals surface area contributed by atoms with Crippen molar-refractivity contribution in [3.05, 3.63) is 59.7 Å². The lowest BCUT2D eigenvalue weighted by atomic mass is 10.0. The predicted octanol–water partition coefficient (Wildman–Crippen LogP) is 2.61. The van der Waals surface area contributed by atoms with E-state index in [9.17, 15) is 0 Å². The van der Waals surface area contributed by atoms with Crippen LogP contribution in [0, 0.1) is 0 Å². The number of aromatic nitrogens is 2. The highest BCUT2D eigenvalue weighted by molar-refractivity contribution is 5.24. The van der Waals surface area contributed by atoms with Crippen molar-refractivity contribution in [3.8, 4) is 0 Å². The molecule has 2 heterocycles. The summed E-state index contributed by atoms with van der Waals surface area (Å²) >= 11 is 0. The molecule has 1 aliphatic rings. The van der Waals surface area contributed by atoms with Gasteiger partial charge in [-0.3, -0.25) is 4.90 Å². The van der Waals surface area contributed by atoms with Gasteiger partial charge in [0.2, 0.25) is 0 Å². The van der Waals surface area contributed by atoms with E-state index in [1.807, 2.05) is 12.4 Å². The molecule has 0 saturated carbocycles. The Morgan fingerprint density at radius 2 is 1.90 bits per heavy atom. The molecule has 1 unspecified atom stereocenters. The molecule has 2 aromatic rings. The number of morpholine rings is 1. The normalized spacial score (nSPS) is 19.6. The minimum atomic E-state index is 0.161. The molecule has 4 nitrogen and oxygen atoms in total. The van der Waals surface area contributed by atoms with Gasteiger partial charge in [-0.1, -0.05) is 31.2 Å². The second kappa shape index (κ2) is 6.78. The number of benzene rings is 1. The molecule has 21 heavy (non-hydrogen) atoms. The number of nitrogens with zero attached hydrogens (tertiary/aromatic N) is 3. The molecule has 0 N–H and O–H groups in total. The van der Waals surface area contributed by atoms with Gasteiger partial charge in [0, 0.05) is 37.6 Å². The minimum absolute atomic E-state index is 0.161. The van der Waals surface area contributed by atoms with E-state index in [0.29, 0.717) is 0 Å². The number of aryl methyl sites for hydroxylation is 1. The van der Waals surface area contributed by atoms with Gasteiger partial charge in [0.25, 0.3) is 0 Å². The first-order valence-electron chi connectivity index (χ1n) is 7.52. The molecule has 1 aliphatic heterocycles. The molecule has 0 bridgehead atoms. The first-order chi connectivity index (χ1) is 10.3. The van der Waals surface area contributed by atoms with Crippen LogP contribution >= 0.6 is 0 Å². The summed E-state index contributed by atoms with van der Waals surface area (Å²) < 4.78 is 5.93. The van der Waals surface area contributed by atoms with E-state index < -0.39 is 0 Å². The van der Waals surface area contributed by atoms with Crippen LogP contribution in [0.5, 0.6) is 0 Å². The Bertz CT molecular complexity index is 556. The van der Waals surface area contributed by atoms with Crippen LogP contribution in [0.15, 0.2) is 43.0 Å². The van der Waals surface area contributed by atoms with Crippen molar-refractivity contribution in [1.29, 1.82) is 0 Å². The zero-order chi connectivity index (χ0) is 14.5. The van der Waals surface area contributed by atoms with Gasteiger partial charge < -0.3 is 4.74 Å². The van der Waals surface area contributed by atoms with Crippen LogP contribution in [-0.2, 0) is 17.7 Å². The first-order valence-corrected chi connectivity index (χ1v) is 7.52. The van der Waals surface area contributed by atoms with Gasteiger partial charge in [-0.2, -0.15) is 0 Å². The van der Waals surface area contributed by atoms with Gasteiger partial charge in [0.15, 0.2) is 0 Å². The average molecular weight is 283 g/mol. The minimum Gasteiger partial charge on any atom is -0.371 e. The van der Waals surface area contributed by atoms with Gasteiger partial charge in [0.05, 0.1) is 12.7 Å². The fraction of sp³-hybridized carbons (Fsp3) is 0.412. The highest BCUT2D eigenvalue weighted by Gasteiger charge is 2.22. The Kier molecular flexibility index (Phi) is 4.58. The van der Waals surface area contributed by atoms with Crippen LogP contribution < -0.4 is 0 Å². The Labute approximate surface area is 125 Å². The summed E-state index contributed by atoms with van der Waals surface area (Å²) in [5.41, 5.74) is 3.79. The topological polar surface area (TPSA) is 38.2 Å². The second-order valence-corrected chi connectivity index (χ2v) is 5.44. The fourth-order valence-electron chi connectivity index (χ4n) is 2.69. The van der Waals surface area contributed by atoms with Crippen molar-refractivity contribution < 1.29 is 4.74 Å². The van der Waals surface area contributed by atoms with E-state index >= 15 is 0 Å². The SMILES string of the molecule is CCc1ccc(C2CN(Cc3cncnc3)CCO2)cc1. The van der Waals surface area contributed by atoms with Crippen molar-refractivity contribution in [2.75, 3.05) is 19.7 Å². The van der Waals surface area contributed by atoms with Crippen molar-refractivity contribution in [3.63, 3.8) is 0 Å². The molecule has 4 heteroatoms. The third kappa shape index (κ3) is 3.65. The van der Waals surface area contributed by atoms with Crippen molar-refractivity contribution in [2.24, 2.45) is 0 Å². The summed E-state index contributed by atoms with van der Waals surface area (Å²) in [6.45, 7) is 5.70. The maximum Gasteiger partial charge on any atom is 0.115 e. The first kappa shape index (κ1) is 14.2. The lowest BCUT2D eigenvalue weighted by Crippen LogP contribution is -2.37. The molecule has 1 fully saturated rings. The molecule has 1 atom stereocenters. The molecule has 0 radical (unpaired) electrons. The van der Waals surface area contributed by atoms with E-state index in [4.69, 9.17) is 4.74 Å². The van der Waals surface area contributed by atoms with Crippen molar-refractivity contribution in [1.82, 2.24) is 14.9 Å². The van der Waals surface area contributed by atoms with E-state index in [1.54, 1.807) is 6.33 Å². The van der Waals surface area contributed by atoms with Gasteiger partial charge in [0.1, 0.15) is 6.33 Å². The van der Waals surface area contributed by atoms with E-state index in [2.05, 4.69) is 46.1 Å². The van der Waals surface area contributed by atoms with Crippen LogP contribution in [0.4, 0.5) is 0 Å². The van der Waals surface area contributed by atoms with Crippen LogP contribution in [0.3, 0.4) is 0 Å². The average Bonchev–Trinajstić information content (AvgIpc) is 2.56. The monoisotopic (exact) mass is 283 g/mol. The van der Waals surface area contributed by atoms with E-state index in [1.165, 1.54) is 11.1 Å². The summed E-state index contributed by atoms with van der Waals surface area (Å²) in [6.07, 6.45) is 6.57. The highest BCUT2D eigenvalue weighted by atomic mass is 16.5. The molecule has 0 amide bonds. The molecule has 1 aromatic carbocycles. The zero-order valence-electron chi connectivity index (χ0n) is 12.4. The maximum absolute atomic E-state index is 5.93. The molecular formula is C17H21N3O. The third-order valence-corrected chi connectivity index (χ3v) is 3.93. The van der Waals surface area contributed by atoms with Crippen molar-refractivity contribution in [2.45, 2.75) is 26.0 Å². The number of hydrogen-bond acceptors (Lipinski definition) is 4. The van der Waals surface area contributed by atoms with Gasteiger partial charge >= 0.3 is 0 Å². The predicted molar refractivity (Wildman–Crippen MR) is 81.8 cm³/mol. The summed E-state index contributed by atoms with van der Waals surface area (Å²) in [6, 6.07) is 8.78. The Morgan fingerprint density at radius 3 is 2.62 bits per heavy atom. The number of ether oxygens (including phenoxy) is 1. The maximum atomic E-state index is 5.93. The molecule has 1 aromatic heterocycles. The number of hydrogen-bond donors (Lipinski definition) is 0. The Balaban J connectivity index is 1.64. The zero-order valence-corrected chi connectivity index (χ0v) is 12.4. The van der Waals surface area contributed by atoms with Crippen LogP contribution in [-0.4, -0.2) is 34.6 Å². The van der Waals surface area contributed by atoms with E-state index in [-0.39, 0.29) is 6.10 Å². The molecular weight excluding hydrogens is 262 g/mol. The highest BCUT2D eigenvalue weighted by Crippen LogP contribution is 2.23.